The summed E-state index contributed by atoms with van der Waals surface area (Å²) in [5, 5.41) is 12.3. The Balaban J connectivity index is 2.75. The average molecular weight is 252 g/mol. The molecule has 5 nitrogen and oxygen atoms in total. The van der Waals surface area contributed by atoms with Crippen LogP contribution in [-0.4, -0.2) is 42.3 Å². The second kappa shape index (κ2) is 6.54. The summed E-state index contributed by atoms with van der Waals surface area (Å²) in [7, 11) is 3.86. The minimum absolute atomic E-state index is 0.229. The first kappa shape index (κ1) is 14.7. The van der Waals surface area contributed by atoms with E-state index in [1.807, 2.05) is 39.8 Å². The Morgan fingerprint density at radius 2 is 1.94 bits per heavy atom. The zero-order valence-electron chi connectivity index (χ0n) is 12.0. The lowest BCUT2D eigenvalue weighted by atomic mass is 10.1. The number of nitrogens with zero attached hydrogens (tertiary/aromatic N) is 3. The SMILES string of the molecule is Cc1nc(N(C)C)nc(NCC[C@@H](C)CO)c1C. The summed E-state index contributed by atoms with van der Waals surface area (Å²) in [6.07, 6.45) is 0.927. The van der Waals surface area contributed by atoms with Gasteiger partial charge in [0.1, 0.15) is 5.82 Å². The molecule has 1 rings (SSSR count). The van der Waals surface area contributed by atoms with Crippen LogP contribution < -0.4 is 10.2 Å². The van der Waals surface area contributed by atoms with Crippen molar-refractivity contribution in [2.45, 2.75) is 27.2 Å². The van der Waals surface area contributed by atoms with Crippen LogP contribution in [0.3, 0.4) is 0 Å². The monoisotopic (exact) mass is 252 g/mol. The first-order chi connectivity index (χ1) is 8.45. The lowest BCUT2D eigenvalue weighted by molar-refractivity contribution is 0.233. The summed E-state index contributed by atoms with van der Waals surface area (Å²) >= 11 is 0. The van der Waals surface area contributed by atoms with E-state index in [0.717, 1.165) is 36.0 Å². The molecule has 0 aliphatic heterocycles. The minimum atomic E-state index is 0.229. The smallest absolute Gasteiger partial charge is 0.227 e. The van der Waals surface area contributed by atoms with E-state index in [1.165, 1.54) is 0 Å². The average Bonchev–Trinajstić information content (AvgIpc) is 2.33. The summed E-state index contributed by atoms with van der Waals surface area (Å²) in [5.41, 5.74) is 2.07. The zero-order chi connectivity index (χ0) is 13.7. The van der Waals surface area contributed by atoms with Crippen molar-refractivity contribution in [3.63, 3.8) is 0 Å². The maximum Gasteiger partial charge on any atom is 0.227 e. The molecule has 0 spiro atoms. The number of aryl methyl sites for hydroxylation is 1. The van der Waals surface area contributed by atoms with Gasteiger partial charge in [-0.05, 0) is 26.2 Å². The normalized spacial score (nSPS) is 12.3. The van der Waals surface area contributed by atoms with Crippen LogP contribution in [-0.2, 0) is 0 Å². The van der Waals surface area contributed by atoms with E-state index in [2.05, 4.69) is 15.3 Å². The first-order valence-corrected chi connectivity index (χ1v) is 6.33. The van der Waals surface area contributed by atoms with E-state index < -0.39 is 0 Å². The molecule has 0 aliphatic rings. The second-order valence-corrected chi connectivity index (χ2v) is 4.98. The van der Waals surface area contributed by atoms with E-state index >= 15 is 0 Å². The number of rotatable bonds is 6. The molecule has 102 valence electrons. The third-order valence-electron chi connectivity index (χ3n) is 3.02. The number of hydrogen-bond acceptors (Lipinski definition) is 5. The predicted molar refractivity (Wildman–Crippen MR) is 75.2 cm³/mol. The number of anilines is 2. The molecule has 0 radical (unpaired) electrons. The van der Waals surface area contributed by atoms with Gasteiger partial charge >= 0.3 is 0 Å². The molecular weight excluding hydrogens is 228 g/mol. The van der Waals surface area contributed by atoms with Gasteiger partial charge in [-0.15, -0.1) is 0 Å². The molecule has 0 aromatic carbocycles. The van der Waals surface area contributed by atoms with Crippen LogP contribution in [0.25, 0.3) is 0 Å². The molecule has 5 heteroatoms. The molecule has 0 fully saturated rings. The number of hydrogen-bond donors (Lipinski definition) is 2. The van der Waals surface area contributed by atoms with Gasteiger partial charge in [-0.3, -0.25) is 0 Å². The summed E-state index contributed by atoms with van der Waals surface area (Å²) in [5.74, 6) is 1.92. The van der Waals surface area contributed by atoms with E-state index in [4.69, 9.17) is 5.11 Å². The fourth-order valence-electron chi connectivity index (χ4n) is 1.51. The molecule has 1 atom stereocenters. The van der Waals surface area contributed by atoms with E-state index in [0.29, 0.717) is 5.92 Å². The minimum Gasteiger partial charge on any atom is -0.396 e. The standard InChI is InChI=1S/C13H24N4O/c1-9(8-18)6-7-14-12-10(2)11(3)15-13(16-12)17(4)5/h9,18H,6-8H2,1-5H3,(H,14,15,16)/t9-/m1/s1. The molecule has 0 saturated carbocycles. The molecule has 1 heterocycles. The van der Waals surface area contributed by atoms with Gasteiger partial charge in [0, 0.05) is 38.5 Å². The lowest BCUT2D eigenvalue weighted by Gasteiger charge is -2.16. The molecule has 0 saturated heterocycles. The zero-order valence-corrected chi connectivity index (χ0v) is 12.0. The molecule has 1 aromatic heterocycles. The van der Waals surface area contributed by atoms with Crippen molar-refractivity contribution >= 4 is 11.8 Å². The highest BCUT2D eigenvalue weighted by Crippen LogP contribution is 2.18. The Kier molecular flexibility index (Phi) is 5.34. The van der Waals surface area contributed by atoms with Gasteiger partial charge in [-0.1, -0.05) is 6.92 Å². The van der Waals surface area contributed by atoms with Crippen LogP contribution in [0.5, 0.6) is 0 Å². The maximum atomic E-state index is 8.99. The van der Waals surface area contributed by atoms with Crippen molar-refractivity contribution in [2.75, 3.05) is 37.5 Å². The highest BCUT2D eigenvalue weighted by atomic mass is 16.3. The fourth-order valence-corrected chi connectivity index (χ4v) is 1.51. The Morgan fingerprint density at radius 3 is 2.50 bits per heavy atom. The van der Waals surface area contributed by atoms with Gasteiger partial charge in [0.15, 0.2) is 0 Å². The number of nitrogens with one attached hydrogen (secondary N) is 1. The highest BCUT2D eigenvalue weighted by Gasteiger charge is 2.09. The van der Waals surface area contributed by atoms with Crippen molar-refractivity contribution in [1.29, 1.82) is 0 Å². The van der Waals surface area contributed by atoms with E-state index in [1.54, 1.807) is 0 Å². The Labute approximate surface area is 109 Å². The third-order valence-corrected chi connectivity index (χ3v) is 3.02. The number of aliphatic hydroxyl groups excluding tert-OH is 1. The van der Waals surface area contributed by atoms with Crippen LogP contribution in [0.4, 0.5) is 11.8 Å². The molecule has 1 aromatic rings. The van der Waals surface area contributed by atoms with Gasteiger partial charge in [-0.25, -0.2) is 4.98 Å². The second-order valence-electron chi connectivity index (χ2n) is 4.98. The van der Waals surface area contributed by atoms with E-state index in [9.17, 15) is 0 Å². The van der Waals surface area contributed by atoms with Crippen LogP contribution in [0.1, 0.15) is 24.6 Å². The molecule has 0 aliphatic carbocycles. The van der Waals surface area contributed by atoms with Crippen LogP contribution in [0.2, 0.25) is 0 Å². The molecule has 2 N–H and O–H groups in total. The topological polar surface area (TPSA) is 61.3 Å². The Hall–Kier alpha value is -1.36. The van der Waals surface area contributed by atoms with Crippen LogP contribution in [0, 0.1) is 19.8 Å². The Bertz CT molecular complexity index is 393. The van der Waals surface area contributed by atoms with Gasteiger partial charge < -0.3 is 15.3 Å². The first-order valence-electron chi connectivity index (χ1n) is 6.33. The van der Waals surface area contributed by atoms with Crippen LogP contribution >= 0.6 is 0 Å². The summed E-state index contributed by atoms with van der Waals surface area (Å²) < 4.78 is 0. The number of aliphatic hydroxyl groups is 1. The van der Waals surface area contributed by atoms with Crippen molar-refractivity contribution < 1.29 is 5.11 Å². The van der Waals surface area contributed by atoms with Gasteiger partial charge in [0.25, 0.3) is 0 Å². The fraction of sp³-hybridized carbons (Fsp3) is 0.692. The van der Waals surface area contributed by atoms with Crippen molar-refractivity contribution in [3.05, 3.63) is 11.3 Å². The van der Waals surface area contributed by atoms with Gasteiger partial charge in [-0.2, -0.15) is 4.98 Å². The molecular formula is C13H24N4O. The Morgan fingerprint density at radius 1 is 1.28 bits per heavy atom. The highest BCUT2D eigenvalue weighted by molar-refractivity contribution is 5.50. The van der Waals surface area contributed by atoms with Crippen LogP contribution in [0.15, 0.2) is 0 Å². The molecule has 0 bridgehead atoms. The van der Waals surface area contributed by atoms with E-state index in [-0.39, 0.29) is 6.61 Å². The summed E-state index contributed by atoms with van der Waals surface area (Å²) in [6.45, 7) is 7.08. The van der Waals surface area contributed by atoms with Crippen molar-refractivity contribution in [3.8, 4) is 0 Å². The van der Waals surface area contributed by atoms with Gasteiger partial charge in [0.2, 0.25) is 5.95 Å². The molecule has 0 amide bonds. The molecule has 0 unspecified atom stereocenters. The quantitative estimate of drug-likeness (QED) is 0.805. The largest absolute Gasteiger partial charge is 0.396 e. The molecule has 18 heavy (non-hydrogen) atoms. The predicted octanol–water partition coefficient (Wildman–Crippen LogP) is 1.59. The van der Waals surface area contributed by atoms with Gasteiger partial charge in [0.05, 0.1) is 0 Å². The van der Waals surface area contributed by atoms with Crippen molar-refractivity contribution in [1.82, 2.24) is 9.97 Å². The maximum absolute atomic E-state index is 8.99. The van der Waals surface area contributed by atoms with Crippen molar-refractivity contribution in [2.24, 2.45) is 5.92 Å². The summed E-state index contributed by atoms with van der Waals surface area (Å²) in [6, 6.07) is 0. The third kappa shape index (κ3) is 3.84. The summed E-state index contributed by atoms with van der Waals surface area (Å²) in [4.78, 5) is 10.8. The number of aromatic nitrogens is 2. The lowest BCUT2D eigenvalue weighted by Crippen LogP contribution is -2.17.